The summed E-state index contributed by atoms with van der Waals surface area (Å²) in [5, 5.41) is 3.03. The Balaban J connectivity index is 0.000000615. The molecule has 26 heavy (non-hydrogen) atoms. The maximum atomic E-state index is 13.5. The highest BCUT2D eigenvalue weighted by atomic mass is 19.1. The van der Waals surface area contributed by atoms with Gasteiger partial charge >= 0.3 is 0 Å². The van der Waals surface area contributed by atoms with Crippen LogP contribution in [0.2, 0.25) is 0 Å². The first-order chi connectivity index (χ1) is 12.7. The molecule has 3 rings (SSSR count). The number of nitrogens with one attached hydrogen (secondary N) is 1. The van der Waals surface area contributed by atoms with Crippen molar-refractivity contribution in [3.05, 3.63) is 60.6 Å². The van der Waals surface area contributed by atoms with Crippen LogP contribution < -0.4 is 11.1 Å². The van der Waals surface area contributed by atoms with Crippen molar-refractivity contribution < 1.29 is 8.81 Å². The van der Waals surface area contributed by atoms with E-state index in [-0.39, 0.29) is 12.4 Å². The molecule has 0 atom stereocenters. The van der Waals surface area contributed by atoms with E-state index in [2.05, 4.69) is 26.8 Å². The lowest BCUT2D eigenvalue weighted by Crippen LogP contribution is -2.06. The second-order valence-electron chi connectivity index (χ2n) is 4.85. The number of rotatable bonds is 5. The number of allylic oxidation sites excluding steroid dienone is 1. The van der Waals surface area contributed by atoms with Gasteiger partial charge in [-0.3, -0.25) is 4.98 Å². The third kappa shape index (κ3) is 5.93. The van der Waals surface area contributed by atoms with Gasteiger partial charge in [0.2, 0.25) is 0 Å². The molecule has 140 valence electrons. The minimum atomic E-state index is -0.360. The molecule has 0 aliphatic carbocycles. The molecule has 0 saturated carbocycles. The summed E-state index contributed by atoms with van der Waals surface area (Å²) in [6.07, 6.45) is 5.46. The number of nitrogens with zero attached hydrogens (tertiary/aromatic N) is 3. The molecule has 0 bridgehead atoms. The van der Waals surface area contributed by atoms with Crippen LogP contribution in [0.4, 0.5) is 10.2 Å². The van der Waals surface area contributed by atoms with Crippen LogP contribution in [0.3, 0.4) is 0 Å². The lowest BCUT2D eigenvalue weighted by atomic mass is 10.3. The minimum Gasteiger partial charge on any atom is -0.440 e. The Kier molecular flexibility index (Phi) is 9.56. The van der Waals surface area contributed by atoms with Gasteiger partial charge in [-0.05, 0) is 19.1 Å². The molecule has 0 radical (unpaired) electrons. The molecular weight excluding hydrogens is 333 g/mol. The fourth-order valence-corrected chi connectivity index (χ4v) is 1.98. The molecule has 6 nitrogen and oxygen atoms in total. The van der Waals surface area contributed by atoms with Gasteiger partial charge in [-0.1, -0.05) is 19.9 Å². The number of pyridine rings is 2. The molecule has 0 fully saturated rings. The fraction of sp³-hybridized carbons (Fsp3) is 0.316. The average Bonchev–Trinajstić information content (AvgIpc) is 3.07. The molecule has 0 spiro atoms. The molecule has 0 saturated heterocycles. The van der Waals surface area contributed by atoms with E-state index >= 15 is 0 Å². The first kappa shape index (κ1) is 21.2. The number of aromatic nitrogens is 3. The Morgan fingerprint density at radius 3 is 2.65 bits per heavy atom. The van der Waals surface area contributed by atoms with Crippen LogP contribution in [0.1, 0.15) is 32.4 Å². The van der Waals surface area contributed by atoms with E-state index in [1.54, 1.807) is 30.6 Å². The Morgan fingerprint density at radius 2 is 2.00 bits per heavy atom. The van der Waals surface area contributed by atoms with Gasteiger partial charge in [0.25, 0.3) is 0 Å². The van der Waals surface area contributed by atoms with E-state index in [0.29, 0.717) is 41.5 Å². The van der Waals surface area contributed by atoms with E-state index < -0.39 is 0 Å². The molecule has 0 aliphatic rings. The summed E-state index contributed by atoms with van der Waals surface area (Å²) in [7, 11) is 0. The summed E-state index contributed by atoms with van der Waals surface area (Å²) in [4.78, 5) is 12.5. The van der Waals surface area contributed by atoms with Crippen molar-refractivity contribution in [3.63, 3.8) is 0 Å². The second kappa shape index (κ2) is 11.7. The maximum absolute atomic E-state index is 13.5. The van der Waals surface area contributed by atoms with Gasteiger partial charge in [-0.25, -0.2) is 14.4 Å². The Labute approximate surface area is 153 Å². The monoisotopic (exact) mass is 359 g/mol. The molecule has 0 amide bonds. The molecule has 0 aliphatic heterocycles. The Bertz CT molecular complexity index is 803. The first-order valence-electron chi connectivity index (χ1n) is 8.54. The summed E-state index contributed by atoms with van der Waals surface area (Å²) in [6, 6.07) is 4.65. The highest BCUT2D eigenvalue weighted by Gasteiger charge is 2.11. The predicted octanol–water partition coefficient (Wildman–Crippen LogP) is 4.09. The summed E-state index contributed by atoms with van der Waals surface area (Å²) < 4.78 is 19.1. The van der Waals surface area contributed by atoms with Gasteiger partial charge in [0, 0.05) is 31.4 Å². The van der Waals surface area contributed by atoms with Crippen LogP contribution in [-0.2, 0) is 13.0 Å². The van der Waals surface area contributed by atoms with Crippen LogP contribution in [0, 0.1) is 5.82 Å². The largest absolute Gasteiger partial charge is 0.440 e. The normalized spacial score (nSPS) is 9.58. The lowest BCUT2D eigenvalue weighted by Gasteiger charge is -2.05. The van der Waals surface area contributed by atoms with Crippen LogP contribution in [-0.4, -0.2) is 21.5 Å². The summed E-state index contributed by atoms with van der Waals surface area (Å²) >= 11 is 0. The minimum absolute atomic E-state index is 0.220. The Hall–Kier alpha value is -2.80. The van der Waals surface area contributed by atoms with Crippen molar-refractivity contribution in [2.24, 2.45) is 5.73 Å². The molecular formula is C19H26FN5O. The molecule has 3 aromatic heterocycles. The van der Waals surface area contributed by atoms with E-state index in [0.717, 1.165) is 0 Å². The van der Waals surface area contributed by atoms with Gasteiger partial charge in [-0.15, -0.1) is 6.58 Å². The van der Waals surface area contributed by atoms with E-state index in [1.165, 1.54) is 6.07 Å². The molecule has 0 aromatic carbocycles. The van der Waals surface area contributed by atoms with Gasteiger partial charge in [-0.2, -0.15) is 0 Å². The molecule has 7 heteroatoms. The predicted molar refractivity (Wildman–Crippen MR) is 103 cm³/mol. The third-order valence-electron chi connectivity index (χ3n) is 2.97. The maximum Gasteiger partial charge on any atom is 0.196 e. The Morgan fingerprint density at radius 1 is 1.27 bits per heavy atom. The summed E-state index contributed by atoms with van der Waals surface area (Å²) in [6.45, 7) is 9.93. The molecule has 0 unspecified atom stereocenters. The zero-order chi connectivity index (χ0) is 19.4. The standard InChI is InChI=1S/C14H14FN5O.C3H6.C2H6/c15-9-2-1-6-17-10(9)8-19-14-13-11(4-7-18-14)21-12(20-13)3-5-16;1-3-2;1-2/h1-2,4,6-7H,3,5,8,16H2,(H,18,19);3H,1H2,2H3;1-2H3. The number of fused-ring (bicyclic) bond motifs is 1. The van der Waals surface area contributed by atoms with Gasteiger partial charge < -0.3 is 15.5 Å². The van der Waals surface area contributed by atoms with Gasteiger partial charge in [0.15, 0.2) is 22.8 Å². The number of halogens is 1. The van der Waals surface area contributed by atoms with E-state index in [9.17, 15) is 4.39 Å². The molecule has 3 N–H and O–H groups in total. The number of anilines is 1. The third-order valence-corrected chi connectivity index (χ3v) is 2.97. The number of hydrogen-bond acceptors (Lipinski definition) is 6. The van der Waals surface area contributed by atoms with Gasteiger partial charge in [0.1, 0.15) is 5.82 Å². The first-order valence-corrected chi connectivity index (χ1v) is 8.54. The van der Waals surface area contributed by atoms with Crippen molar-refractivity contribution in [2.45, 2.75) is 33.7 Å². The van der Waals surface area contributed by atoms with Crippen LogP contribution in [0.25, 0.3) is 11.1 Å². The van der Waals surface area contributed by atoms with E-state index in [4.69, 9.17) is 10.2 Å². The number of hydrogen-bond donors (Lipinski definition) is 2. The molecule has 3 aromatic rings. The summed E-state index contributed by atoms with van der Waals surface area (Å²) in [5.41, 5.74) is 7.04. The van der Waals surface area contributed by atoms with Crippen molar-refractivity contribution in [1.82, 2.24) is 15.0 Å². The quantitative estimate of drug-likeness (QED) is 0.667. The highest BCUT2D eigenvalue weighted by molar-refractivity contribution is 5.83. The smallest absolute Gasteiger partial charge is 0.196 e. The van der Waals surface area contributed by atoms with E-state index in [1.807, 2.05) is 20.8 Å². The van der Waals surface area contributed by atoms with Crippen LogP contribution in [0.5, 0.6) is 0 Å². The van der Waals surface area contributed by atoms with Crippen molar-refractivity contribution in [2.75, 3.05) is 11.9 Å². The van der Waals surface area contributed by atoms with Crippen LogP contribution in [0.15, 0.2) is 47.7 Å². The topological polar surface area (TPSA) is 89.9 Å². The van der Waals surface area contributed by atoms with Crippen molar-refractivity contribution in [1.29, 1.82) is 0 Å². The average molecular weight is 359 g/mol. The second-order valence-corrected chi connectivity index (χ2v) is 4.85. The van der Waals surface area contributed by atoms with Crippen LogP contribution >= 0.6 is 0 Å². The van der Waals surface area contributed by atoms with Crippen molar-refractivity contribution >= 4 is 16.9 Å². The summed E-state index contributed by atoms with van der Waals surface area (Å²) in [5.74, 6) is 0.735. The zero-order valence-electron chi connectivity index (χ0n) is 15.5. The SMILES string of the molecule is C=CC.CC.NCCc1nc2c(NCc3ncccc3F)nccc2o1. The number of nitrogens with two attached hydrogens (primary N) is 1. The van der Waals surface area contributed by atoms with Gasteiger partial charge in [0.05, 0.1) is 12.2 Å². The van der Waals surface area contributed by atoms with Crippen molar-refractivity contribution in [3.8, 4) is 0 Å². The zero-order valence-corrected chi connectivity index (χ0v) is 15.5. The molecule has 3 heterocycles. The number of oxazole rings is 1. The fourth-order valence-electron chi connectivity index (χ4n) is 1.98. The highest BCUT2D eigenvalue weighted by Crippen LogP contribution is 2.22. The lowest BCUT2D eigenvalue weighted by molar-refractivity contribution is 0.531.